The molecule has 0 aliphatic rings. The Morgan fingerprint density at radius 3 is 1.29 bits per heavy atom. The van der Waals surface area contributed by atoms with Crippen molar-refractivity contribution in [3.8, 4) is 0 Å². The van der Waals surface area contributed by atoms with Gasteiger partial charge in [0.2, 0.25) is 0 Å². The average molecular weight is 408 g/mol. The summed E-state index contributed by atoms with van der Waals surface area (Å²) in [6, 6.07) is 10.3. The number of rotatable bonds is 1. The summed E-state index contributed by atoms with van der Waals surface area (Å²) in [7, 11) is 3.00. The van der Waals surface area contributed by atoms with Crippen molar-refractivity contribution in [1.29, 1.82) is 0 Å². The quantitative estimate of drug-likeness (QED) is 0.490. The van der Waals surface area contributed by atoms with Crippen LogP contribution in [0.15, 0.2) is 30.3 Å². The van der Waals surface area contributed by atoms with Gasteiger partial charge in [-0.2, -0.15) is 0 Å². The monoisotopic (exact) mass is 409 g/mol. The van der Waals surface area contributed by atoms with Gasteiger partial charge in [-0.25, -0.2) is 0 Å². The van der Waals surface area contributed by atoms with Crippen molar-refractivity contribution in [2.75, 3.05) is 21.3 Å². The molecule has 0 aromatic heterocycles. The van der Waals surface area contributed by atoms with Crippen LogP contribution < -0.4 is 0 Å². The van der Waals surface area contributed by atoms with E-state index in [0.717, 1.165) is 21.3 Å². The zero-order chi connectivity index (χ0) is 13.6. The third-order valence-electron chi connectivity index (χ3n) is 1.56. The summed E-state index contributed by atoms with van der Waals surface area (Å²) in [4.78, 5) is 0. The molecule has 0 unspecified atom stereocenters. The molecule has 3 N–H and O–H groups in total. The van der Waals surface area contributed by atoms with Gasteiger partial charge in [0.05, 0.1) is 0 Å². The molecular weight excluding hydrogens is 383 g/mol. The molecule has 0 fully saturated rings. The Balaban J connectivity index is -0.000000106. The Kier molecular flexibility index (Phi) is 27.8. The molecule has 0 saturated heterocycles. The molecule has 1 rings (SSSR count). The van der Waals surface area contributed by atoms with E-state index in [4.69, 9.17) is 15.3 Å². The minimum Gasteiger partial charge on any atom is -0.400 e. The van der Waals surface area contributed by atoms with Crippen LogP contribution in [-0.4, -0.2) is 36.6 Å². The molecule has 0 spiro atoms. The predicted molar refractivity (Wildman–Crippen MR) is 69.3 cm³/mol. The molecule has 17 heavy (non-hydrogen) atoms. The summed E-state index contributed by atoms with van der Waals surface area (Å²) < 4.78 is 0. The van der Waals surface area contributed by atoms with E-state index in [1.165, 1.54) is 5.56 Å². The van der Waals surface area contributed by atoms with E-state index in [1.54, 1.807) is 0 Å². The van der Waals surface area contributed by atoms with Gasteiger partial charge in [-0.1, -0.05) is 49.7 Å². The summed E-state index contributed by atoms with van der Waals surface area (Å²) in [5, 5.41) is 21.0. The number of aliphatic hydroxyl groups excluding tert-OH is 3. The normalized spacial score (nSPS) is 7.82. The summed E-state index contributed by atoms with van der Waals surface area (Å²) in [6.45, 7) is 8.27. The van der Waals surface area contributed by atoms with Gasteiger partial charge in [0.25, 0.3) is 0 Å². The molecule has 0 aliphatic carbocycles. The Morgan fingerprint density at radius 1 is 0.824 bits per heavy atom. The second kappa shape index (κ2) is 18.3. The van der Waals surface area contributed by atoms with Crippen molar-refractivity contribution < 1.29 is 41.2 Å². The fourth-order valence-corrected chi connectivity index (χ4v) is 0.889. The Morgan fingerprint density at radius 2 is 1.12 bits per heavy atom. The van der Waals surface area contributed by atoms with E-state index < -0.39 is 0 Å². The molecule has 0 heterocycles. The maximum Gasteiger partial charge on any atom is 0.0319 e. The van der Waals surface area contributed by atoms with Crippen molar-refractivity contribution in [3.05, 3.63) is 42.8 Å². The van der Waals surface area contributed by atoms with E-state index in [-0.39, 0.29) is 31.3 Å². The molecule has 0 saturated carbocycles. The first-order valence-electron chi connectivity index (χ1n) is 4.86. The SMILES string of the molecule is CO.CO.CO.[CH2-]C(C)(C)c1ccccc1.[Hf]. The Bertz CT molecular complexity index is 208. The van der Waals surface area contributed by atoms with Crippen LogP contribution in [0.4, 0.5) is 0 Å². The largest absolute Gasteiger partial charge is 0.400 e. The van der Waals surface area contributed by atoms with Crippen LogP contribution in [0, 0.1) is 6.92 Å². The molecule has 0 bridgehead atoms. The Hall–Kier alpha value is -0.0299. The molecule has 0 aliphatic heterocycles. The number of hydrogen-bond donors (Lipinski definition) is 3. The van der Waals surface area contributed by atoms with Crippen LogP contribution in [0.3, 0.4) is 0 Å². The van der Waals surface area contributed by atoms with Crippen molar-refractivity contribution in [2.45, 2.75) is 19.3 Å². The van der Waals surface area contributed by atoms with Gasteiger partial charge < -0.3 is 22.2 Å². The first kappa shape index (κ1) is 25.7. The maximum atomic E-state index is 7.00. The van der Waals surface area contributed by atoms with Crippen LogP contribution in [0.5, 0.6) is 0 Å². The molecular formula is C13H25HfO3-. The standard InChI is InChI=1S/C10H13.3CH4O.Hf/c1-10(2,3)9-7-5-4-6-8-9;3*1-2;/h4-8H,1H2,2-3H3;3*2H,1H3;/q-1;;;;. The molecule has 1 aromatic carbocycles. The molecule has 1 aromatic rings. The van der Waals surface area contributed by atoms with Crippen LogP contribution in [0.25, 0.3) is 0 Å². The molecule has 0 radical (unpaired) electrons. The van der Waals surface area contributed by atoms with E-state index in [9.17, 15) is 0 Å². The summed E-state index contributed by atoms with van der Waals surface area (Å²) in [5.74, 6) is 0. The minimum atomic E-state index is 0. The maximum absolute atomic E-state index is 7.00. The number of aliphatic hydroxyl groups is 3. The van der Waals surface area contributed by atoms with Crippen molar-refractivity contribution in [3.63, 3.8) is 0 Å². The van der Waals surface area contributed by atoms with Gasteiger partial charge in [0.1, 0.15) is 0 Å². The van der Waals surface area contributed by atoms with Gasteiger partial charge in [-0.15, -0.1) is 5.41 Å². The first-order valence-corrected chi connectivity index (χ1v) is 4.86. The third-order valence-corrected chi connectivity index (χ3v) is 1.56. The van der Waals surface area contributed by atoms with Crippen LogP contribution in [0.2, 0.25) is 0 Å². The molecule has 0 amide bonds. The summed E-state index contributed by atoms with van der Waals surface area (Å²) in [6.07, 6.45) is 0. The second-order valence-corrected chi connectivity index (χ2v) is 3.25. The fraction of sp³-hybridized carbons (Fsp3) is 0.462. The molecule has 4 heteroatoms. The van der Waals surface area contributed by atoms with E-state index >= 15 is 0 Å². The topological polar surface area (TPSA) is 60.7 Å². The van der Waals surface area contributed by atoms with Gasteiger partial charge in [-0.05, 0) is 0 Å². The zero-order valence-corrected chi connectivity index (χ0v) is 15.0. The minimum absolute atomic E-state index is 0. The zero-order valence-electron chi connectivity index (χ0n) is 11.4. The van der Waals surface area contributed by atoms with E-state index in [2.05, 4.69) is 32.9 Å². The summed E-state index contributed by atoms with van der Waals surface area (Å²) >= 11 is 0. The van der Waals surface area contributed by atoms with Crippen molar-refractivity contribution in [2.24, 2.45) is 0 Å². The fourth-order valence-electron chi connectivity index (χ4n) is 0.889. The van der Waals surface area contributed by atoms with Gasteiger partial charge >= 0.3 is 0 Å². The van der Waals surface area contributed by atoms with Crippen LogP contribution in [-0.2, 0) is 31.3 Å². The molecule has 100 valence electrons. The molecule has 0 atom stereocenters. The smallest absolute Gasteiger partial charge is 0.0319 e. The predicted octanol–water partition coefficient (Wildman–Crippen LogP) is 1.62. The molecule has 3 nitrogen and oxygen atoms in total. The van der Waals surface area contributed by atoms with Gasteiger partial charge in [-0.3, -0.25) is 0 Å². The van der Waals surface area contributed by atoms with Crippen LogP contribution >= 0.6 is 0 Å². The van der Waals surface area contributed by atoms with Crippen LogP contribution in [0.1, 0.15) is 19.4 Å². The number of benzene rings is 1. The third kappa shape index (κ3) is 16.0. The van der Waals surface area contributed by atoms with Gasteiger partial charge in [0.15, 0.2) is 0 Å². The first-order chi connectivity index (χ1) is 7.61. The van der Waals surface area contributed by atoms with Crippen molar-refractivity contribution >= 4 is 0 Å². The van der Waals surface area contributed by atoms with Crippen molar-refractivity contribution in [1.82, 2.24) is 0 Å². The Labute approximate surface area is 124 Å². The average Bonchev–Trinajstić information content (AvgIpc) is 2.37. The van der Waals surface area contributed by atoms with E-state index in [1.807, 2.05) is 18.2 Å². The van der Waals surface area contributed by atoms with E-state index in [0.29, 0.717) is 0 Å². The summed E-state index contributed by atoms with van der Waals surface area (Å²) in [5.41, 5.74) is 1.33. The second-order valence-electron chi connectivity index (χ2n) is 3.25. The number of hydrogen-bond acceptors (Lipinski definition) is 3. The van der Waals surface area contributed by atoms with Gasteiger partial charge in [0, 0.05) is 47.2 Å².